The number of hydrogen-bond donors (Lipinski definition) is 1. The summed E-state index contributed by atoms with van der Waals surface area (Å²) in [4.78, 5) is 17.9. The van der Waals surface area contributed by atoms with Crippen LogP contribution in [0.3, 0.4) is 0 Å². The summed E-state index contributed by atoms with van der Waals surface area (Å²) in [5, 5.41) is 0.630. The molecule has 20 heavy (non-hydrogen) atoms. The van der Waals surface area contributed by atoms with Gasteiger partial charge in [-0.2, -0.15) is 15.0 Å². The summed E-state index contributed by atoms with van der Waals surface area (Å²) in [6.45, 7) is 0. The van der Waals surface area contributed by atoms with Crippen molar-refractivity contribution in [1.82, 2.24) is 15.0 Å². The van der Waals surface area contributed by atoms with E-state index in [0.717, 1.165) is 10.6 Å². The zero-order valence-electron chi connectivity index (χ0n) is 12.0. The van der Waals surface area contributed by atoms with E-state index in [0.29, 0.717) is 17.1 Å². The highest BCUT2D eigenvalue weighted by Crippen LogP contribution is 2.30. The van der Waals surface area contributed by atoms with E-state index in [1.54, 1.807) is 0 Å². The van der Waals surface area contributed by atoms with Gasteiger partial charge in [-0.05, 0) is 23.9 Å². The molecule has 1 aromatic carbocycles. The van der Waals surface area contributed by atoms with Crippen molar-refractivity contribution in [2.75, 3.05) is 43.7 Å². The van der Waals surface area contributed by atoms with Crippen LogP contribution in [-0.2, 0) is 0 Å². The smallest absolute Gasteiger partial charge is 0.230 e. The minimum atomic E-state index is 0.626. The molecule has 1 aromatic heterocycles. The van der Waals surface area contributed by atoms with Gasteiger partial charge < -0.3 is 15.5 Å². The Balaban J connectivity index is 2.38. The second-order valence-electron chi connectivity index (χ2n) is 4.65. The van der Waals surface area contributed by atoms with Gasteiger partial charge >= 0.3 is 0 Å². The zero-order chi connectivity index (χ0) is 14.7. The number of nitrogens with zero attached hydrogens (tertiary/aromatic N) is 5. The van der Waals surface area contributed by atoms with Crippen molar-refractivity contribution in [2.45, 2.75) is 10.1 Å². The van der Waals surface area contributed by atoms with Crippen LogP contribution in [0.5, 0.6) is 0 Å². The third-order valence-electron chi connectivity index (χ3n) is 2.51. The molecule has 0 aliphatic rings. The predicted octanol–water partition coefficient (Wildman–Crippen LogP) is 1.74. The second-order valence-corrected chi connectivity index (χ2v) is 5.66. The first-order valence-corrected chi connectivity index (χ1v) is 6.92. The van der Waals surface area contributed by atoms with E-state index in [1.165, 1.54) is 11.8 Å². The van der Waals surface area contributed by atoms with Crippen LogP contribution in [0.15, 0.2) is 34.3 Å². The van der Waals surface area contributed by atoms with Crippen molar-refractivity contribution in [2.24, 2.45) is 0 Å². The van der Waals surface area contributed by atoms with Crippen molar-refractivity contribution in [3.05, 3.63) is 24.3 Å². The number of nitrogens with two attached hydrogens (primary N) is 1. The lowest BCUT2D eigenvalue weighted by Crippen LogP contribution is -2.19. The maximum Gasteiger partial charge on any atom is 0.230 e. The van der Waals surface area contributed by atoms with Crippen LogP contribution in [0.1, 0.15) is 0 Å². The lowest BCUT2D eigenvalue weighted by atomic mass is 10.3. The normalized spacial score (nSPS) is 10.4. The van der Waals surface area contributed by atoms with E-state index in [-0.39, 0.29) is 0 Å². The molecule has 0 bridgehead atoms. The summed E-state index contributed by atoms with van der Waals surface area (Å²) in [5.41, 5.74) is 6.67. The van der Waals surface area contributed by atoms with Gasteiger partial charge in [0.05, 0.1) is 0 Å². The molecule has 2 rings (SSSR count). The van der Waals surface area contributed by atoms with Gasteiger partial charge in [-0.15, -0.1) is 0 Å². The van der Waals surface area contributed by atoms with Gasteiger partial charge in [0.25, 0.3) is 0 Å². The highest BCUT2D eigenvalue weighted by atomic mass is 32.2. The Kier molecular flexibility index (Phi) is 4.29. The van der Waals surface area contributed by atoms with Crippen LogP contribution in [0, 0.1) is 0 Å². The fourth-order valence-corrected chi connectivity index (χ4v) is 2.24. The molecule has 0 atom stereocenters. The van der Waals surface area contributed by atoms with Crippen molar-refractivity contribution < 1.29 is 0 Å². The number of anilines is 3. The van der Waals surface area contributed by atoms with E-state index < -0.39 is 0 Å². The number of hydrogen-bond acceptors (Lipinski definition) is 7. The minimum absolute atomic E-state index is 0.626. The highest BCUT2D eigenvalue weighted by molar-refractivity contribution is 7.99. The number of aromatic nitrogens is 3. The summed E-state index contributed by atoms with van der Waals surface area (Å²) in [5.74, 6) is 1.25. The Morgan fingerprint density at radius 2 is 1.45 bits per heavy atom. The van der Waals surface area contributed by atoms with Crippen molar-refractivity contribution in [3.63, 3.8) is 0 Å². The molecule has 0 aliphatic carbocycles. The molecular weight excluding hydrogens is 272 g/mol. The van der Waals surface area contributed by atoms with Gasteiger partial charge in [0, 0.05) is 38.8 Å². The van der Waals surface area contributed by atoms with Crippen LogP contribution in [-0.4, -0.2) is 43.1 Å². The van der Waals surface area contributed by atoms with E-state index in [2.05, 4.69) is 15.0 Å². The van der Waals surface area contributed by atoms with Crippen molar-refractivity contribution in [3.8, 4) is 0 Å². The Hall–Kier alpha value is -2.02. The predicted molar refractivity (Wildman–Crippen MR) is 83.5 cm³/mol. The van der Waals surface area contributed by atoms with Crippen molar-refractivity contribution in [1.29, 1.82) is 0 Å². The molecule has 0 fully saturated rings. The largest absolute Gasteiger partial charge is 0.398 e. The minimum Gasteiger partial charge on any atom is -0.398 e. The molecule has 1 heterocycles. The van der Waals surface area contributed by atoms with Gasteiger partial charge in [0.2, 0.25) is 11.9 Å². The van der Waals surface area contributed by atoms with Gasteiger partial charge in [-0.3, -0.25) is 0 Å². The first-order valence-electron chi connectivity index (χ1n) is 6.10. The van der Waals surface area contributed by atoms with Crippen LogP contribution in [0.4, 0.5) is 17.6 Å². The Bertz CT molecular complexity index is 573. The molecule has 0 saturated heterocycles. The molecule has 2 N–H and O–H groups in total. The summed E-state index contributed by atoms with van der Waals surface area (Å²) in [7, 11) is 7.61. The molecule has 0 spiro atoms. The lowest BCUT2D eigenvalue weighted by Gasteiger charge is -2.16. The lowest BCUT2D eigenvalue weighted by molar-refractivity contribution is 0.840. The molecule has 0 unspecified atom stereocenters. The van der Waals surface area contributed by atoms with Crippen LogP contribution in [0.25, 0.3) is 0 Å². The summed E-state index contributed by atoms with van der Waals surface area (Å²) in [6.07, 6.45) is 0. The molecule has 0 saturated carbocycles. The van der Waals surface area contributed by atoms with Crippen LogP contribution < -0.4 is 15.5 Å². The highest BCUT2D eigenvalue weighted by Gasteiger charge is 2.11. The third kappa shape index (κ3) is 3.30. The Morgan fingerprint density at radius 3 is 1.95 bits per heavy atom. The number of rotatable bonds is 4. The molecule has 7 heteroatoms. The second kappa shape index (κ2) is 5.96. The van der Waals surface area contributed by atoms with Gasteiger partial charge in [-0.1, -0.05) is 12.1 Å². The number of benzene rings is 1. The maximum absolute atomic E-state index is 5.95. The van der Waals surface area contributed by atoms with Crippen LogP contribution in [0.2, 0.25) is 0 Å². The summed E-state index contributed by atoms with van der Waals surface area (Å²) >= 11 is 1.44. The summed E-state index contributed by atoms with van der Waals surface area (Å²) < 4.78 is 0. The molecule has 0 aliphatic heterocycles. The molecule has 0 amide bonds. The average molecular weight is 290 g/mol. The zero-order valence-corrected chi connectivity index (χ0v) is 12.8. The Labute approximate surface area is 123 Å². The molecule has 106 valence electrons. The molecular formula is C13H18N6S. The van der Waals surface area contributed by atoms with E-state index in [9.17, 15) is 0 Å². The summed E-state index contributed by atoms with van der Waals surface area (Å²) in [6, 6.07) is 7.67. The van der Waals surface area contributed by atoms with E-state index in [1.807, 2.05) is 62.3 Å². The molecule has 6 nitrogen and oxygen atoms in total. The van der Waals surface area contributed by atoms with Gasteiger partial charge in [0.15, 0.2) is 5.16 Å². The van der Waals surface area contributed by atoms with Gasteiger partial charge in [-0.25, -0.2) is 0 Å². The maximum atomic E-state index is 5.95. The topological polar surface area (TPSA) is 71.2 Å². The standard InChI is InChI=1S/C13H18N6S/c1-18(2)11-15-12(19(3)4)17-13(16-11)20-10-8-6-5-7-9(10)14/h5-8H,14H2,1-4H3. The van der Waals surface area contributed by atoms with Crippen molar-refractivity contribution >= 4 is 29.3 Å². The first kappa shape index (κ1) is 14.4. The van der Waals surface area contributed by atoms with Gasteiger partial charge in [0.1, 0.15) is 0 Å². The SMILES string of the molecule is CN(C)c1nc(Sc2ccccc2N)nc(N(C)C)n1. The van der Waals surface area contributed by atoms with E-state index >= 15 is 0 Å². The fraction of sp³-hybridized carbons (Fsp3) is 0.308. The fourth-order valence-electron chi connectivity index (χ4n) is 1.45. The number of para-hydroxylation sites is 1. The van der Waals surface area contributed by atoms with E-state index in [4.69, 9.17) is 5.73 Å². The Morgan fingerprint density at radius 1 is 0.900 bits per heavy atom. The number of nitrogen functional groups attached to an aromatic ring is 1. The quantitative estimate of drug-likeness (QED) is 0.860. The average Bonchev–Trinajstić information content (AvgIpc) is 2.41. The molecule has 2 aromatic rings. The monoisotopic (exact) mass is 290 g/mol. The first-order chi connectivity index (χ1) is 9.47. The third-order valence-corrected chi connectivity index (χ3v) is 3.47. The molecule has 0 radical (unpaired) electrons. The van der Waals surface area contributed by atoms with Crippen LogP contribution >= 0.6 is 11.8 Å².